The molecule has 9 heteroatoms. The first-order chi connectivity index (χ1) is 19.1. The van der Waals surface area contributed by atoms with Crippen LogP contribution in [-0.4, -0.2) is 65.8 Å². The summed E-state index contributed by atoms with van der Waals surface area (Å²) in [4.78, 5) is 43.7. The number of hydrogen-bond donors (Lipinski definition) is 2. The third-order valence-corrected chi connectivity index (χ3v) is 9.10. The van der Waals surface area contributed by atoms with Crippen molar-refractivity contribution >= 4 is 46.6 Å². The number of piperidine rings is 2. The second-order valence-corrected chi connectivity index (χ2v) is 12.2. The number of hydrogen-bond acceptors (Lipinski definition) is 4. The molecule has 0 radical (unpaired) electrons. The van der Waals surface area contributed by atoms with Gasteiger partial charge in [-0.15, -0.1) is 0 Å². The molecule has 2 N–H and O–H groups in total. The van der Waals surface area contributed by atoms with Crippen molar-refractivity contribution in [3.05, 3.63) is 75.8 Å². The summed E-state index contributed by atoms with van der Waals surface area (Å²) in [7, 11) is 0. The largest absolute Gasteiger partial charge is 0.354 e. The molecular weight excluding hydrogens is 547 g/mol. The molecule has 2 saturated heterocycles. The Bertz CT molecular complexity index is 1340. The van der Waals surface area contributed by atoms with Gasteiger partial charge >= 0.3 is 0 Å². The molecule has 0 saturated carbocycles. The first-order valence-corrected chi connectivity index (χ1v) is 14.7. The number of rotatable bonds is 7. The van der Waals surface area contributed by atoms with E-state index in [1.165, 1.54) is 0 Å². The second kappa shape index (κ2) is 11.6. The van der Waals surface area contributed by atoms with E-state index in [-0.39, 0.29) is 30.2 Å². The lowest BCUT2D eigenvalue weighted by Gasteiger charge is -2.52. The first kappa shape index (κ1) is 28.7. The number of amides is 3. The molecule has 2 fully saturated rings. The van der Waals surface area contributed by atoms with E-state index in [9.17, 15) is 14.4 Å². The smallest absolute Gasteiger partial charge is 0.238 e. The van der Waals surface area contributed by atoms with E-state index in [1.54, 1.807) is 25.1 Å². The third kappa shape index (κ3) is 5.27. The van der Waals surface area contributed by atoms with E-state index >= 15 is 0 Å². The molecular formula is C31H36Cl2N4O3. The predicted octanol–water partition coefficient (Wildman–Crippen LogP) is 5.13. The Morgan fingerprint density at radius 3 is 2.48 bits per heavy atom. The Labute approximate surface area is 245 Å². The minimum atomic E-state index is -1.07. The van der Waals surface area contributed by atoms with Gasteiger partial charge < -0.3 is 20.4 Å². The molecule has 3 heterocycles. The van der Waals surface area contributed by atoms with Crippen LogP contribution in [0.4, 0.5) is 5.69 Å². The van der Waals surface area contributed by atoms with Gasteiger partial charge in [-0.3, -0.25) is 14.4 Å². The molecule has 0 aliphatic carbocycles. The van der Waals surface area contributed by atoms with Crippen LogP contribution in [0.15, 0.2) is 54.6 Å². The van der Waals surface area contributed by atoms with Crippen molar-refractivity contribution in [3.63, 3.8) is 0 Å². The summed E-state index contributed by atoms with van der Waals surface area (Å²) in [5, 5.41) is 7.20. The zero-order valence-corrected chi connectivity index (χ0v) is 24.5. The fourth-order valence-corrected chi connectivity index (χ4v) is 7.42. The van der Waals surface area contributed by atoms with Crippen molar-refractivity contribution in [2.45, 2.75) is 62.9 Å². The Morgan fingerprint density at radius 1 is 1.07 bits per heavy atom. The molecule has 7 nitrogen and oxygen atoms in total. The molecule has 0 aromatic heterocycles. The fraction of sp³-hybridized carbons (Fsp3) is 0.452. The number of benzene rings is 2. The van der Waals surface area contributed by atoms with E-state index in [2.05, 4.69) is 22.1 Å². The van der Waals surface area contributed by atoms with Crippen LogP contribution in [0.3, 0.4) is 0 Å². The molecule has 2 aromatic rings. The van der Waals surface area contributed by atoms with Crippen LogP contribution < -0.4 is 10.6 Å². The van der Waals surface area contributed by atoms with Crippen molar-refractivity contribution in [2.75, 3.05) is 31.5 Å². The van der Waals surface area contributed by atoms with Gasteiger partial charge in [0.15, 0.2) is 0 Å². The monoisotopic (exact) mass is 582 g/mol. The van der Waals surface area contributed by atoms with Crippen LogP contribution in [0.2, 0.25) is 10.0 Å². The normalized spacial score (nSPS) is 25.1. The lowest BCUT2D eigenvalue weighted by Crippen LogP contribution is -2.63. The van der Waals surface area contributed by atoms with Gasteiger partial charge in [-0.25, -0.2) is 0 Å². The topological polar surface area (TPSA) is 81.8 Å². The number of fused-ring (bicyclic) bond motifs is 2. The van der Waals surface area contributed by atoms with Crippen molar-refractivity contribution < 1.29 is 14.4 Å². The summed E-state index contributed by atoms with van der Waals surface area (Å²) in [5.41, 5.74) is 2.05. The number of halogens is 2. The van der Waals surface area contributed by atoms with Crippen LogP contribution in [0.5, 0.6) is 0 Å². The number of carbonyl (C=O) groups excluding carboxylic acids is 3. The summed E-state index contributed by atoms with van der Waals surface area (Å²) < 4.78 is 0. The Morgan fingerprint density at radius 2 is 1.80 bits per heavy atom. The van der Waals surface area contributed by atoms with Crippen LogP contribution in [-0.2, 0) is 19.8 Å². The summed E-state index contributed by atoms with van der Waals surface area (Å²) in [6.07, 6.45) is 2.79. The number of carbonyl (C=O) groups is 3. The molecule has 212 valence electrons. The highest BCUT2D eigenvalue weighted by Gasteiger charge is 2.63. The molecule has 40 heavy (non-hydrogen) atoms. The fourth-order valence-electron chi connectivity index (χ4n) is 7.04. The van der Waals surface area contributed by atoms with Crippen LogP contribution >= 0.6 is 23.2 Å². The molecule has 3 aliphatic heterocycles. The summed E-state index contributed by atoms with van der Waals surface area (Å²) >= 11 is 12.7. The second-order valence-electron chi connectivity index (χ2n) is 11.3. The molecule has 3 atom stereocenters. The molecule has 1 spiro atoms. The molecule has 0 bridgehead atoms. The molecule has 3 aliphatic rings. The SMILES string of the molecule is C=C(C)C1N(CCCN2CCC(NC(C)=O)CC2)C(=O)CC(c2cccc(Cl)c2)C12C(=O)Nc1cc(Cl)ccc12. The van der Waals surface area contributed by atoms with Crippen molar-refractivity contribution in [1.29, 1.82) is 0 Å². The summed E-state index contributed by atoms with van der Waals surface area (Å²) in [6, 6.07) is 12.7. The third-order valence-electron chi connectivity index (χ3n) is 8.63. The minimum Gasteiger partial charge on any atom is -0.354 e. The van der Waals surface area contributed by atoms with E-state index in [1.807, 2.05) is 36.1 Å². The molecule has 3 amide bonds. The van der Waals surface area contributed by atoms with E-state index < -0.39 is 17.4 Å². The number of likely N-dealkylation sites (tertiary alicyclic amines) is 2. The van der Waals surface area contributed by atoms with Gasteiger partial charge in [-0.05, 0) is 68.1 Å². The number of anilines is 1. The highest BCUT2D eigenvalue weighted by Crippen LogP contribution is 2.56. The van der Waals surface area contributed by atoms with Gasteiger partial charge in [0.1, 0.15) is 5.41 Å². The quantitative estimate of drug-likeness (QED) is 0.443. The Hall–Kier alpha value is -2.87. The maximum Gasteiger partial charge on any atom is 0.238 e. The standard InChI is InChI=1S/C31H36Cl2N4O3/c1-19(2)29-31(25-9-8-23(33)17-27(25)35-30(31)40)26(21-6-4-7-22(32)16-21)18-28(39)37(29)13-5-12-36-14-10-24(11-15-36)34-20(3)38/h4,6-9,16-17,24,26,29H,1,5,10-15,18H2,2-3H3,(H,34,38)(H,35,40). The van der Waals surface area contributed by atoms with Gasteiger partial charge in [-0.1, -0.05) is 53.6 Å². The first-order valence-electron chi connectivity index (χ1n) is 13.9. The maximum absolute atomic E-state index is 14.2. The zero-order chi connectivity index (χ0) is 28.6. The van der Waals surface area contributed by atoms with E-state index in [4.69, 9.17) is 23.2 Å². The van der Waals surface area contributed by atoms with Gasteiger partial charge in [0, 0.05) is 60.7 Å². The molecule has 3 unspecified atom stereocenters. The lowest BCUT2D eigenvalue weighted by molar-refractivity contribution is -0.143. The van der Waals surface area contributed by atoms with Gasteiger partial charge in [-0.2, -0.15) is 0 Å². The summed E-state index contributed by atoms with van der Waals surface area (Å²) in [5.74, 6) is -0.562. The van der Waals surface area contributed by atoms with Gasteiger partial charge in [0.05, 0.1) is 6.04 Å². The minimum absolute atomic E-state index is 0.00294. The van der Waals surface area contributed by atoms with Gasteiger partial charge in [0.2, 0.25) is 17.7 Å². The van der Waals surface area contributed by atoms with Gasteiger partial charge in [0.25, 0.3) is 0 Å². The van der Waals surface area contributed by atoms with Crippen LogP contribution in [0, 0.1) is 0 Å². The average Bonchev–Trinajstić information content (AvgIpc) is 3.17. The average molecular weight is 584 g/mol. The predicted molar refractivity (Wildman–Crippen MR) is 159 cm³/mol. The van der Waals surface area contributed by atoms with E-state index in [0.717, 1.165) is 55.6 Å². The van der Waals surface area contributed by atoms with Crippen molar-refractivity contribution in [2.24, 2.45) is 0 Å². The highest BCUT2D eigenvalue weighted by molar-refractivity contribution is 6.31. The number of nitrogens with one attached hydrogen (secondary N) is 2. The molecule has 2 aromatic carbocycles. The van der Waals surface area contributed by atoms with Crippen LogP contribution in [0.25, 0.3) is 0 Å². The van der Waals surface area contributed by atoms with E-state index in [0.29, 0.717) is 22.3 Å². The van der Waals surface area contributed by atoms with Crippen molar-refractivity contribution in [3.8, 4) is 0 Å². The highest BCUT2D eigenvalue weighted by atomic mass is 35.5. The number of nitrogens with zero attached hydrogens (tertiary/aromatic N) is 2. The Balaban J connectivity index is 1.45. The lowest BCUT2D eigenvalue weighted by atomic mass is 9.58. The van der Waals surface area contributed by atoms with Crippen LogP contribution in [0.1, 0.15) is 56.6 Å². The van der Waals surface area contributed by atoms with Crippen molar-refractivity contribution in [1.82, 2.24) is 15.1 Å². The zero-order valence-electron chi connectivity index (χ0n) is 23.0. The summed E-state index contributed by atoms with van der Waals surface area (Å²) in [6.45, 7) is 10.9. The Kier molecular flexibility index (Phi) is 8.27. The maximum atomic E-state index is 14.2. The molecule has 5 rings (SSSR count).